The van der Waals surface area contributed by atoms with Gasteiger partial charge in [0.2, 0.25) is 5.95 Å². The molecule has 1 heterocycles. The third-order valence-electron chi connectivity index (χ3n) is 2.01. The third-order valence-corrected chi connectivity index (χ3v) is 2.01. The average Bonchev–Trinajstić information content (AvgIpc) is 2.63. The van der Waals surface area contributed by atoms with Gasteiger partial charge in [0, 0.05) is 26.8 Å². The van der Waals surface area contributed by atoms with Crippen LogP contribution in [0, 0.1) is 0 Å². The highest BCUT2D eigenvalue weighted by molar-refractivity contribution is 5.20. The van der Waals surface area contributed by atoms with Crippen LogP contribution < -0.4 is 5.32 Å². The van der Waals surface area contributed by atoms with E-state index in [4.69, 9.17) is 4.74 Å². The van der Waals surface area contributed by atoms with E-state index >= 15 is 0 Å². The summed E-state index contributed by atoms with van der Waals surface area (Å²) in [7, 11) is 1.81. The summed E-state index contributed by atoms with van der Waals surface area (Å²) in [6, 6.07) is 0. The largest absolute Gasteiger partial charge is 0.381 e. The molecular weight excluding hydrogens is 194 g/mol. The monoisotopic (exact) mass is 213 g/mol. The molecular formula is C9H19N5O. The van der Waals surface area contributed by atoms with Crippen LogP contribution in [0.1, 0.15) is 26.2 Å². The van der Waals surface area contributed by atoms with Gasteiger partial charge in [-0.2, -0.15) is 0 Å². The van der Waals surface area contributed by atoms with Crippen molar-refractivity contribution in [3.63, 3.8) is 0 Å². The second-order valence-electron chi connectivity index (χ2n) is 3.37. The Balaban J connectivity index is 1.96. The Hall–Kier alpha value is -1.17. The lowest BCUT2D eigenvalue weighted by Gasteiger charge is -2.04. The van der Waals surface area contributed by atoms with E-state index in [0.29, 0.717) is 5.95 Å². The number of hydrogen-bond acceptors (Lipinski definition) is 5. The first-order chi connectivity index (χ1) is 7.34. The van der Waals surface area contributed by atoms with Gasteiger partial charge in [-0.15, -0.1) is 0 Å². The summed E-state index contributed by atoms with van der Waals surface area (Å²) in [5.41, 5.74) is 0. The molecule has 15 heavy (non-hydrogen) atoms. The molecule has 0 atom stereocenters. The van der Waals surface area contributed by atoms with Crippen LogP contribution in [-0.4, -0.2) is 40.0 Å². The molecule has 0 bridgehead atoms. The SMILES string of the molecule is CCCCOCCCNc1nnnn1C. The Morgan fingerprint density at radius 2 is 2.13 bits per heavy atom. The first-order valence-corrected chi connectivity index (χ1v) is 5.38. The van der Waals surface area contributed by atoms with Crippen molar-refractivity contribution in [1.82, 2.24) is 20.2 Å². The molecule has 0 fully saturated rings. The van der Waals surface area contributed by atoms with Crippen LogP contribution in [0.15, 0.2) is 0 Å². The number of nitrogens with one attached hydrogen (secondary N) is 1. The summed E-state index contributed by atoms with van der Waals surface area (Å²) in [5, 5.41) is 14.2. The van der Waals surface area contributed by atoms with Crippen LogP contribution in [-0.2, 0) is 11.8 Å². The molecule has 0 spiro atoms. The minimum absolute atomic E-state index is 0.698. The normalized spacial score (nSPS) is 10.5. The number of ether oxygens (including phenoxy) is 1. The van der Waals surface area contributed by atoms with Crippen LogP contribution in [0.5, 0.6) is 0 Å². The minimum atomic E-state index is 0.698. The first-order valence-electron chi connectivity index (χ1n) is 5.38. The van der Waals surface area contributed by atoms with Crippen LogP contribution in [0.4, 0.5) is 5.95 Å². The molecule has 1 aromatic rings. The summed E-state index contributed by atoms with van der Waals surface area (Å²) in [6.45, 7) is 4.65. The molecule has 0 aromatic carbocycles. The van der Waals surface area contributed by atoms with Crippen molar-refractivity contribution in [2.75, 3.05) is 25.1 Å². The molecule has 0 aliphatic carbocycles. The molecule has 0 radical (unpaired) electrons. The van der Waals surface area contributed by atoms with E-state index in [2.05, 4.69) is 27.8 Å². The number of aryl methyl sites for hydroxylation is 1. The van der Waals surface area contributed by atoms with Crippen LogP contribution in [0.2, 0.25) is 0 Å². The van der Waals surface area contributed by atoms with Gasteiger partial charge >= 0.3 is 0 Å². The Morgan fingerprint density at radius 1 is 1.33 bits per heavy atom. The van der Waals surface area contributed by atoms with E-state index in [9.17, 15) is 0 Å². The Labute approximate surface area is 90.0 Å². The number of hydrogen-bond donors (Lipinski definition) is 1. The Morgan fingerprint density at radius 3 is 2.80 bits per heavy atom. The molecule has 0 aliphatic heterocycles. The van der Waals surface area contributed by atoms with Crippen LogP contribution in [0.3, 0.4) is 0 Å². The molecule has 86 valence electrons. The zero-order valence-electron chi connectivity index (χ0n) is 9.44. The zero-order chi connectivity index (χ0) is 10.9. The summed E-state index contributed by atoms with van der Waals surface area (Å²) < 4.78 is 7.03. The Kier molecular flexibility index (Phi) is 5.69. The summed E-state index contributed by atoms with van der Waals surface area (Å²) in [4.78, 5) is 0. The maximum atomic E-state index is 5.43. The summed E-state index contributed by atoms with van der Waals surface area (Å²) in [6.07, 6.45) is 3.29. The van der Waals surface area contributed by atoms with Crippen molar-refractivity contribution in [1.29, 1.82) is 0 Å². The molecule has 0 amide bonds. The second-order valence-corrected chi connectivity index (χ2v) is 3.37. The van der Waals surface area contributed by atoms with Crippen molar-refractivity contribution in [3.05, 3.63) is 0 Å². The molecule has 1 rings (SSSR count). The smallest absolute Gasteiger partial charge is 0.242 e. The van der Waals surface area contributed by atoms with Gasteiger partial charge in [0.05, 0.1) is 0 Å². The van der Waals surface area contributed by atoms with Crippen molar-refractivity contribution in [2.45, 2.75) is 26.2 Å². The lowest BCUT2D eigenvalue weighted by Crippen LogP contribution is -2.10. The summed E-state index contributed by atoms with van der Waals surface area (Å²) in [5.74, 6) is 0.698. The van der Waals surface area contributed by atoms with Crippen molar-refractivity contribution < 1.29 is 4.74 Å². The molecule has 1 aromatic heterocycles. The van der Waals surface area contributed by atoms with Crippen LogP contribution in [0.25, 0.3) is 0 Å². The standard InChI is InChI=1S/C9H19N5O/c1-3-4-7-15-8-5-6-10-9-11-12-13-14(9)2/h3-8H2,1-2H3,(H,10,11,13). The van der Waals surface area contributed by atoms with E-state index < -0.39 is 0 Å². The first kappa shape index (κ1) is 11.9. The van der Waals surface area contributed by atoms with Gasteiger partial charge in [0.25, 0.3) is 0 Å². The molecule has 0 aliphatic rings. The highest BCUT2D eigenvalue weighted by atomic mass is 16.5. The van der Waals surface area contributed by atoms with Gasteiger partial charge in [-0.1, -0.05) is 18.4 Å². The molecule has 1 N–H and O–H groups in total. The van der Waals surface area contributed by atoms with Crippen molar-refractivity contribution in [2.24, 2.45) is 7.05 Å². The summed E-state index contributed by atoms with van der Waals surface area (Å²) >= 11 is 0. The number of anilines is 1. The van der Waals surface area contributed by atoms with Gasteiger partial charge in [0.15, 0.2) is 0 Å². The second kappa shape index (κ2) is 7.17. The molecule has 0 unspecified atom stereocenters. The number of tetrazole rings is 1. The van der Waals surface area contributed by atoms with Gasteiger partial charge in [-0.3, -0.25) is 0 Å². The fourth-order valence-electron chi connectivity index (χ4n) is 1.10. The number of unbranched alkanes of at least 4 members (excludes halogenated alkanes) is 1. The quantitative estimate of drug-likeness (QED) is 0.648. The lowest BCUT2D eigenvalue weighted by atomic mass is 10.4. The van der Waals surface area contributed by atoms with E-state index in [1.54, 1.807) is 11.7 Å². The van der Waals surface area contributed by atoms with Crippen molar-refractivity contribution in [3.8, 4) is 0 Å². The maximum absolute atomic E-state index is 5.43. The number of nitrogens with zero attached hydrogens (tertiary/aromatic N) is 4. The van der Waals surface area contributed by atoms with Gasteiger partial charge in [0.1, 0.15) is 0 Å². The van der Waals surface area contributed by atoms with Crippen LogP contribution >= 0.6 is 0 Å². The number of rotatable bonds is 8. The van der Waals surface area contributed by atoms with Gasteiger partial charge in [-0.25, -0.2) is 4.68 Å². The molecule has 0 saturated carbocycles. The fraction of sp³-hybridized carbons (Fsp3) is 0.889. The van der Waals surface area contributed by atoms with Gasteiger partial charge < -0.3 is 10.1 Å². The highest BCUT2D eigenvalue weighted by Crippen LogP contribution is 1.96. The predicted octanol–water partition coefficient (Wildman–Crippen LogP) is 0.829. The zero-order valence-corrected chi connectivity index (χ0v) is 9.44. The van der Waals surface area contributed by atoms with Gasteiger partial charge in [-0.05, 0) is 23.3 Å². The fourth-order valence-corrected chi connectivity index (χ4v) is 1.10. The third kappa shape index (κ3) is 4.73. The van der Waals surface area contributed by atoms with E-state index in [1.807, 2.05) is 0 Å². The Bertz CT molecular complexity index is 263. The van der Waals surface area contributed by atoms with E-state index in [-0.39, 0.29) is 0 Å². The lowest BCUT2D eigenvalue weighted by molar-refractivity contribution is 0.131. The van der Waals surface area contributed by atoms with E-state index in [0.717, 1.165) is 32.6 Å². The molecule has 6 nitrogen and oxygen atoms in total. The maximum Gasteiger partial charge on any atom is 0.242 e. The highest BCUT2D eigenvalue weighted by Gasteiger charge is 1.98. The topological polar surface area (TPSA) is 64.9 Å². The number of aromatic nitrogens is 4. The average molecular weight is 213 g/mol. The van der Waals surface area contributed by atoms with Crippen molar-refractivity contribution >= 4 is 5.95 Å². The predicted molar refractivity (Wildman–Crippen MR) is 57.6 cm³/mol. The molecule has 0 saturated heterocycles. The van der Waals surface area contributed by atoms with E-state index in [1.165, 1.54) is 6.42 Å². The minimum Gasteiger partial charge on any atom is -0.381 e. The molecule has 6 heteroatoms.